The first-order valence-corrected chi connectivity index (χ1v) is 6.21. The third-order valence-electron chi connectivity index (χ3n) is 2.94. The van der Waals surface area contributed by atoms with E-state index in [9.17, 15) is 4.79 Å². The van der Waals surface area contributed by atoms with Crippen LogP contribution in [0.4, 0.5) is 0 Å². The molecule has 1 aliphatic heterocycles. The quantitative estimate of drug-likeness (QED) is 0.891. The second-order valence-corrected chi connectivity index (χ2v) is 4.33. The third kappa shape index (κ3) is 2.57. The number of ether oxygens (including phenoxy) is 1. The Balaban J connectivity index is 1.65. The van der Waals surface area contributed by atoms with Gasteiger partial charge < -0.3 is 10.1 Å². The molecule has 0 bridgehead atoms. The summed E-state index contributed by atoms with van der Waals surface area (Å²) < 4.78 is 7.16. The van der Waals surface area contributed by atoms with Crippen LogP contribution in [0.3, 0.4) is 0 Å². The fraction of sp³-hybridized carbons (Fsp3) is 0.308. The smallest absolute Gasteiger partial charge is 0.272 e. The molecule has 6 nitrogen and oxygen atoms in total. The molecule has 1 amide bonds. The maximum absolute atomic E-state index is 12.0. The van der Waals surface area contributed by atoms with Crippen molar-refractivity contribution in [2.75, 3.05) is 6.61 Å². The van der Waals surface area contributed by atoms with Crippen molar-refractivity contribution in [3.8, 4) is 5.88 Å². The molecule has 98 valence electrons. The van der Waals surface area contributed by atoms with Crippen LogP contribution in [-0.4, -0.2) is 27.3 Å². The van der Waals surface area contributed by atoms with Crippen molar-refractivity contribution >= 4 is 5.91 Å². The minimum atomic E-state index is -0.192. The van der Waals surface area contributed by atoms with Crippen molar-refractivity contribution in [1.82, 2.24) is 20.1 Å². The molecule has 1 N–H and O–H groups in total. The van der Waals surface area contributed by atoms with Crippen LogP contribution in [0, 0.1) is 0 Å². The maximum Gasteiger partial charge on any atom is 0.272 e. The van der Waals surface area contributed by atoms with Gasteiger partial charge in [-0.25, -0.2) is 4.68 Å². The summed E-state index contributed by atoms with van der Waals surface area (Å²) >= 11 is 0. The minimum Gasteiger partial charge on any atom is -0.478 e. The lowest BCUT2D eigenvalue weighted by Gasteiger charge is -2.13. The zero-order valence-electron chi connectivity index (χ0n) is 10.4. The van der Waals surface area contributed by atoms with Crippen LogP contribution < -0.4 is 10.1 Å². The Labute approximate surface area is 110 Å². The Hall–Kier alpha value is -2.37. The second-order valence-electron chi connectivity index (χ2n) is 4.33. The number of carbonyl (C=O) groups is 1. The molecule has 3 rings (SSSR count). The van der Waals surface area contributed by atoms with E-state index in [-0.39, 0.29) is 5.91 Å². The van der Waals surface area contributed by atoms with Crippen molar-refractivity contribution in [3.05, 3.63) is 41.9 Å². The highest BCUT2D eigenvalue weighted by Crippen LogP contribution is 2.18. The Kier molecular flexibility index (Phi) is 3.14. The summed E-state index contributed by atoms with van der Waals surface area (Å²) in [5, 5.41) is 7.06. The number of aryl methyl sites for hydroxylation is 1. The number of hydrogen-bond donors (Lipinski definition) is 1. The molecule has 0 fully saturated rings. The van der Waals surface area contributed by atoms with E-state index >= 15 is 0 Å². The molecule has 0 saturated carbocycles. The Morgan fingerprint density at radius 2 is 2.26 bits per heavy atom. The summed E-state index contributed by atoms with van der Waals surface area (Å²) in [6.45, 7) is 1.95. The Morgan fingerprint density at radius 1 is 1.42 bits per heavy atom. The van der Waals surface area contributed by atoms with Crippen molar-refractivity contribution < 1.29 is 9.53 Å². The summed E-state index contributed by atoms with van der Waals surface area (Å²) in [5.74, 6) is 0.475. The van der Waals surface area contributed by atoms with E-state index in [0.29, 0.717) is 24.7 Å². The van der Waals surface area contributed by atoms with Crippen LogP contribution in [0.2, 0.25) is 0 Å². The number of aromatic nitrogens is 3. The standard InChI is InChI=1S/C13H14N4O2/c18-13(15-9-10-2-4-14-5-3-10)11-8-12-17(16-11)6-1-7-19-12/h2-5,8H,1,6-7,9H2,(H,15,18). The van der Waals surface area contributed by atoms with E-state index in [2.05, 4.69) is 15.4 Å². The number of hydrogen-bond acceptors (Lipinski definition) is 4. The van der Waals surface area contributed by atoms with Gasteiger partial charge in [0.05, 0.1) is 6.61 Å². The van der Waals surface area contributed by atoms with Crippen molar-refractivity contribution in [2.24, 2.45) is 0 Å². The van der Waals surface area contributed by atoms with E-state index in [1.54, 1.807) is 23.1 Å². The van der Waals surface area contributed by atoms with Crippen LogP contribution in [0.5, 0.6) is 5.88 Å². The number of fused-ring (bicyclic) bond motifs is 1. The van der Waals surface area contributed by atoms with E-state index in [4.69, 9.17) is 4.74 Å². The Bertz CT molecular complexity index is 556. The molecule has 0 spiro atoms. The molecule has 0 saturated heterocycles. The maximum atomic E-state index is 12.0. The van der Waals surface area contributed by atoms with Gasteiger partial charge in [-0.15, -0.1) is 0 Å². The highest BCUT2D eigenvalue weighted by atomic mass is 16.5. The van der Waals surface area contributed by atoms with Gasteiger partial charge >= 0.3 is 0 Å². The summed E-state index contributed by atoms with van der Waals surface area (Å²) in [7, 11) is 0. The molecule has 0 unspecified atom stereocenters. The van der Waals surface area contributed by atoms with Crippen molar-refractivity contribution in [1.29, 1.82) is 0 Å². The SMILES string of the molecule is O=C(NCc1ccncc1)c1cc2n(n1)CCCO2. The first kappa shape index (κ1) is 11.7. The van der Waals surface area contributed by atoms with E-state index in [0.717, 1.165) is 18.5 Å². The normalized spacial score (nSPS) is 13.5. The van der Waals surface area contributed by atoms with Crippen LogP contribution in [-0.2, 0) is 13.1 Å². The summed E-state index contributed by atoms with van der Waals surface area (Å²) in [6.07, 6.45) is 4.32. The van der Waals surface area contributed by atoms with Gasteiger partial charge in [-0.1, -0.05) is 0 Å². The molecular weight excluding hydrogens is 244 g/mol. The summed E-state index contributed by atoms with van der Waals surface area (Å²) in [4.78, 5) is 15.9. The van der Waals surface area contributed by atoms with Gasteiger partial charge in [-0.05, 0) is 17.7 Å². The molecule has 2 aromatic heterocycles. The fourth-order valence-electron chi connectivity index (χ4n) is 1.95. The predicted octanol–water partition coefficient (Wildman–Crippen LogP) is 0.991. The lowest BCUT2D eigenvalue weighted by Crippen LogP contribution is -2.23. The molecule has 0 radical (unpaired) electrons. The third-order valence-corrected chi connectivity index (χ3v) is 2.94. The molecule has 0 aromatic carbocycles. The van der Waals surface area contributed by atoms with Gasteiger partial charge in [0.2, 0.25) is 5.88 Å². The summed E-state index contributed by atoms with van der Waals surface area (Å²) in [6, 6.07) is 5.41. The average Bonchev–Trinajstić information content (AvgIpc) is 2.90. The average molecular weight is 258 g/mol. The molecule has 0 atom stereocenters. The first-order valence-electron chi connectivity index (χ1n) is 6.21. The number of amides is 1. The fourth-order valence-corrected chi connectivity index (χ4v) is 1.95. The minimum absolute atomic E-state index is 0.192. The first-order chi connectivity index (χ1) is 9.33. The topological polar surface area (TPSA) is 69.0 Å². The Morgan fingerprint density at radius 3 is 3.05 bits per heavy atom. The van der Waals surface area contributed by atoms with Crippen LogP contribution >= 0.6 is 0 Å². The zero-order chi connectivity index (χ0) is 13.1. The molecule has 0 aliphatic carbocycles. The van der Waals surface area contributed by atoms with Gasteiger partial charge in [0.15, 0.2) is 5.69 Å². The number of pyridine rings is 1. The summed E-state index contributed by atoms with van der Waals surface area (Å²) in [5.41, 5.74) is 1.40. The van der Waals surface area contributed by atoms with Gasteiger partial charge in [0, 0.05) is 38.0 Å². The van der Waals surface area contributed by atoms with Gasteiger partial charge in [-0.2, -0.15) is 5.10 Å². The molecule has 2 aromatic rings. The molecule has 3 heterocycles. The molecule has 1 aliphatic rings. The number of nitrogens with one attached hydrogen (secondary N) is 1. The van der Waals surface area contributed by atoms with Gasteiger partial charge in [0.1, 0.15) is 0 Å². The van der Waals surface area contributed by atoms with Crippen LogP contribution in [0.15, 0.2) is 30.6 Å². The number of rotatable bonds is 3. The highest BCUT2D eigenvalue weighted by molar-refractivity contribution is 5.92. The molecule has 19 heavy (non-hydrogen) atoms. The van der Waals surface area contributed by atoms with Crippen molar-refractivity contribution in [2.45, 2.75) is 19.5 Å². The van der Waals surface area contributed by atoms with E-state index < -0.39 is 0 Å². The number of carbonyl (C=O) groups excluding carboxylic acids is 1. The van der Waals surface area contributed by atoms with Gasteiger partial charge in [-0.3, -0.25) is 9.78 Å². The van der Waals surface area contributed by atoms with E-state index in [1.165, 1.54) is 0 Å². The molecular formula is C13H14N4O2. The predicted molar refractivity (Wildman–Crippen MR) is 67.7 cm³/mol. The second kappa shape index (κ2) is 5.09. The largest absolute Gasteiger partial charge is 0.478 e. The zero-order valence-corrected chi connectivity index (χ0v) is 10.4. The lowest BCUT2D eigenvalue weighted by atomic mass is 10.2. The lowest BCUT2D eigenvalue weighted by molar-refractivity contribution is 0.0945. The van der Waals surface area contributed by atoms with E-state index in [1.807, 2.05) is 12.1 Å². The molecule has 6 heteroatoms. The van der Waals surface area contributed by atoms with Crippen molar-refractivity contribution in [3.63, 3.8) is 0 Å². The van der Waals surface area contributed by atoms with Gasteiger partial charge in [0.25, 0.3) is 5.91 Å². The number of nitrogens with zero attached hydrogens (tertiary/aromatic N) is 3. The van der Waals surface area contributed by atoms with Crippen LogP contribution in [0.25, 0.3) is 0 Å². The monoisotopic (exact) mass is 258 g/mol. The highest BCUT2D eigenvalue weighted by Gasteiger charge is 2.17. The van der Waals surface area contributed by atoms with Crippen LogP contribution in [0.1, 0.15) is 22.5 Å².